The Morgan fingerprint density at radius 2 is 1.80 bits per heavy atom. The van der Waals surface area contributed by atoms with Gasteiger partial charge in [0, 0.05) is 6.54 Å². The first kappa shape index (κ1) is 11.4. The maximum absolute atomic E-state index is 5.46. The second kappa shape index (κ2) is 5.30. The highest BCUT2D eigenvalue weighted by atomic mass is 16.7. The molecule has 0 aliphatic carbocycles. The van der Waals surface area contributed by atoms with E-state index < -0.39 is 0 Å². The van der Waals surface area contributed by atoms with Crippen LogP contribution in [0.5, 0.6) is 0 Å². The van der Waals surface area contributed by atoms with Crippen LogP contribution in [0, 0.1) is 0 Å². The van der Waals surface area contributed by atoms with Crippen LogP contribution in [0.2, 0.25) is 0 Å². The Balaban J connectivity index is 2.81. The number of hydrogen-bond donors (Lipinski definition) is 2. The van der Waals surface area contributed by atoms with Crippen LogP contribution < -0.4 is 16.5 Å². The molecule has 0 spiro atoms. The molecule has 0 saturated heterocycles. The molecule has 1 aromatic rings. The maximum atomic E-state index is 5.46. The van der Waals surface area contributed by atoms with Gasteiger partial charge in [-0.05, 0) is 6.42 Å². The van der Waals surface area contributed by atoms with E-state index in [4.69, 9.17) is 16.3 Å². The molecule has 0 radical (unpaired) electrons. The van der Waals surface area contributed by atoms with Crippen LogP contribution >= 0.6 is 0 Å². The van der Waals surface area contributed by atoms with Gasteiger partial charge in [-0.15, -0.1) is 0 Å². The van der Waals surface area contributed by atoms with E-state index in [0.29, 0.717) is 12.5 Å². The van der Waals surface area contributed by atoms with Gasteiger partial charge >= 0.3 is 0 Å². The summed E-state index contributed by atoms with van der Waals surface area (Å²) in [5.74, 6) is 0.531. The molecule has 1 aromatic heterocycles. The van der Waals surface area contributed by atoms with Crippen molar-refractivity contribution in [1.29, 1.82) is 0 Å². The van der Waals surface area contributed by atoms with Crippen molar-refractivity contribution >= 4 is 17.8 Å². The van der Waals surface area contributed by atoms with Crippen molar-refractivity contribution in [3.63, 3.8) is 0 Å². The summed E-state index contributed by atoms with van der Waals surface area (Å²) in [5.41, 5.74) is 10.9. The molecule has 7 heteroatoms. The van der Waals surface area contributed by atoms with Crippen LogP contribution in [-0.2, 0) is 4.84 Å². The third kappa shape index (κ3) is 3.21. The molecular weight excluding hydrogens is 196 g/mol. The van der Waals surface area contributed by atoms with E-state index >= 15 is 0 Å². The summed E-state index contributed by atoms with van der Waals surface area (Å²) in [6.07, 6.45) is 2.02. The van der Waals surface area contributed by atoms with Gasteiger partial charge < -0.3 is 11.5 Å². The molecule has 0 aliphatic rings. The summed E-state index contributed by atoms with van der Waals surface area (Å²) in [7, 11) is 1.55. The van der Waals surface area contributed by atoms with E-state index in [1.54, 1.807) is 7.11 Å². The number of unbranched alkanes of at least 4 members (excludes halogenated alkanes) is 1. The average Bonchev–Trinajstić information content (AvgIpc) is 2.17. The maximum Gasteiger partial charge on any atom is 0.256 e. The topological polar surface area (TPSA) is 103 Å². The van der Waals surface area contributed by atoms with Gasteiger partial charge in [0.25, 0.3) is 5.95 Å². The molecule has 0 amide bonds. The number of nitrogens with two attached hydrogens (primary N) is 2. The molecule has 0 saturated carbocycles. The zero-order chi connectivity index (χ0) is 11.3. The second-order valence-electron chi connectivity index (χ2n) is 2.99. The highest BCUT2D eigenvalue weighted by molar-refractivity contribution is 5.37. The number of rotatable bonds is 5. The third-order valence-corrected chi connectivity index (χ3v) is 1.82. The van der Waals surface area contributed by atoms with Crippen molar-refractivity contribution in [2.24, 2.45) is 0 Å². The predicted molar refractivity (Wildman–Crippen MR) is 57.9 cm³/mol. The molecule has 0 fully saturated rings. The van der Waals surface area contributed by atoms with E-state index in [9.17, 15) is 0 Å². The highest BCUT2D eigenvalue weighted by Gasteiger charge is 2.10. The van der Waals surface area contributed by atoms with Crippen molar-refractivity contribution in [2.45, 2.75) is 19.8 Å². The molecular formula is C8H16N6O. The second-order valence-corrected chi connectivity index (χ2v) is 2.99. The Morgan fingerprint density at radius 3 is 2.27 bits per heavy atom. The molecule has 0 bridgehead atoms. The molecule has 0 aromatic carbocycles. The number of hydrogen-bond acceptors (Lipinski definition) is 7. The van der Waals surface area contributed by atoms with E-state index in [1.165, 1.54) is 5.06 Å². The molecule has 1 rings (SSSR count). The molecule has 15 heavy (non-hydrogen) atoms. The lowest BCUT2D eigenvalue weighted by Gasteiger charge is -2.18. The van der Waals surface area contributed by atoms with Crippen LogP contribution in [-0.4, -0.2) is 28.6 Å². The summed E-state index contributed by atoms with van der Waals surface area (Å²) in [6.45, 7) is 2.78. The van der Waals surface area contributed by atoms with Gasteiger partial charge in [0.1, 0.15) is 0 Å². The lowest BCUT2D eigenvalue weighted by Crippen LogP contribution is -2.26. The fourth-order valence-corrected chi connectivity index (χ4v) is 1.08. The molecule has 7 nitrogen and oxygen atoms in total. The fourth-order valence-electron chi connectivity index (χ4n) is 1.08. The molecule has 1 heterocycles. The van der Waals surface area contributed by atoms with E-state index in [0.717, 1.165) is 12.8 Å². The summed E-state index contributed by atoms with van der Waals surface area (Å²) >= 11 is 0. The molecule has 0 unspecified atom stereocenters. The summed E-state index contributed by atoms with van der Waals surface area (Å²) in [5, 5.41) is 1.54. The van der Waals surface area contributed by atoms with Gasteiger partial charge in [0.15, 0.2) is 0 Å². The minimum absolute atomic E-state index is 0.0936. The van der Waals surface area contributed by atoms with Crippen molar-refractivity contribution in [3.8, 4) is 0 Å². The van der Waals surface area contributed by atoms with Gasteiger partial charge in [-0.25, -0.2) is 5.06 Å². The minimum Gasteiger partial charge on any atom is -0.368 e. The van der Waals surface area contributed by atoms with Crippen LogP contribution in [0.4, 0.5) is 17.8 Å². The SMILES string of the molecule is CCCCN(OC)c1nc(N)nc(N)n1. The average molecular weight is 212 g/mol. The Morgan fingerprint density at radius 1 is 1.20 bits per heavy atom. The van der Waals surface area contributed by atoms with Gasteiger partial charge in [-0.1, -0.05) is 13.3 Å². The highest BCUT2D eigenvalue weighted by Crippen LogP contribution is 2.10. The lowest BCUT2D eigenvalue weighted by atomic mass is 10.3. The molecule has 0 aliphatic heterocycles. The van der Waals surface area contributed by atoms with Crippen molar-refractivity contribution in [2.75, 3.05) is 30.2 Å². The fraction of sp³-hybridized carbons (Fsp3) is 0.625. The number of anilines is 3. The van der Waals surface area contributed by atoms with Crippen molar-refractivity contribution < 1.29 is 4.84 Å². The zero-order valence-corrected chi connectivity index (χ0v) is 8.97. The quantitative estimate of drug-likeness (QED) is 0.672. The van der Waals surface area contributed by atoms with Crippen molar-refractivity contribution in [1.82, 2.24) is 15.0 Å². The number of nitrogens with zero attached hydrogens (tertiary/aromatic N) is 4. The zero-order valence-electron chi connectivity index (χ0n) is 8.97. The van der Waals surface area contributed by atoms with E-state index in [1.807, 2.05) is 0 Å². The van der Waals surface area contributed by atoms with Crippen LogP contribution in [0.3, 0.4) is 0 Å². The van der Waals surface area contributed by atoms with E-state index in [2.05, 4.69) is 21.9 Å². The van der Waals surface area contributed by atoms with Crippen LogP contribution in [0.25, 0.3) is 0 Å². The first-order valence-corrected chi connectivity index (χ1v) is 4.76. The normalized spacial score (nSPS) is 10.3. The summed E-state index contributed by atoms with van der Waals surface area (Å²) in [6, 6.07) is 0. The Labute approximate surface area is 88.4 Å². The van der Waals surface area contributed by atoms with Crippen LogP contribution in [0.15, 0.2) is 0 Å². The number of hydroxylamine groups is 1. The monoisotopic (exact) mass is 212 g/mol. The van der Waals surface area contributed by atoms with Gasteiger partial charge in [-0.2, -0.15) is 15.0 Å². The standard InChI is InChI=1S/C8H16N6O/c1-3-4-5-14(15-2)8-12-6(9)11-7(10)13-8/h3-5H2,1-2H3,(H4,9,10,11,12,13). The summed E-state index contributed by atoms with van der Waals surface area (Å²) in [4.78, 5) is 16.7. The molecule has 4 N–H and O–H groups in total. The molecule has 84 valence electrons. The van der Waals surface area contributed by atoms with E-state index in [-0.39, 0.29) is 11.9 Å². The Kier molecular flexibility index (Phi) is 4.04. The smallest absolute Gasteiger partial charge is 0.256 e. The lowest BCUT2D eigenvalue weighted by molar-refractivity contribution is 0.161. The first-order valence-electron chi connectivity index (χ1n) is 4.76. The van der Waals surface area contributed by atoms with Crippen LogP contribution in [0.1, 0.15) is 19.8 Å². The molecule has 0 atom stereocenters. The van der Waals surface area contributed by atoms with Gasteiger partial charge in [0.05, 0.1) is 7.11 Å². The minimum atomic E-state index is 0.0936. The Hall–Kier alpha value is -1.63. The van der Waals surface area contributed by atoms with Gasteiger partial charge in [-0.3, -0.25) is 4.84 Å². The summed E-state index contributed by atoms with van der Waals surface area (Å²) < 4.78 is 0. The predicted octanol–water partition coefficient (Wildman–Crippen LogP) is 0.204. The largest absolute Gasteiger partial charge is 0.368 e. The number of nitrogen functional groups attached to an aromatic ring is 2. The third-order valence-electron chi connectivity index (χ3n) is 1.82. The van der Waals surface area contributed by atoms with Crippen molar-refractivity contribution in [3.05, 3.63) is 0 Å². The Bertz CT molecular complexity index is 298. The first-order chi connectivity index (χ1) is 7.17. The van der Waals surface area contributed by atoms with Gasteiger partial charge in [0.2, 0.25) is 11.9 Å². The number of aromatic nitrogens is 3.